The molecule has 18 heavy (non-hydrogen) atoms. The minimum atomic E-state index is 0.730. The molecule has 94 valence electrons. The normalized spacial score (nSPS) is 10.4. The molecule has 0 saturated carbocycles. The number of halogens is 1. The summed E-state index contributed by atoms with van der Waals surface area (Å²) in [7, 11) is 1.94. The fourth-order valence-electron chi connectivity index (χ4n) is 1.72. The number of hydrogen-bond acceptors (Lipinski definition) is 3. The first kappa shape index (κ1) is 13.1. The number of nitrogens with one attached hydrogen (secondary N) is 1. The third-order valence-corrected chi connectivity index (χ3v) is 2.96. The van der Waals surface area contributed by atoms with E-state index in [2.05, 4.69) is 38.4 Å². The van der Waals surface area contributed by atoms with Crippen LogP contribution in [0.15, 0.2) is 41.1 Å². The number of ether oxygens (including phenoxy) is 1. The number of aryl methyl sites for hydroxylation is 1. The SMILES string of the molecule is CNCc1ccc(Oc2cncc(Br)c2)c(C)c1. The smallest absolute Gasteiger partial charge is 0.146 e. The third-order valence-electron chi connectivity index (χ3n) is 2.53. The predicted molar refractivity (Wildman–Crippen MR) is 76.0 cm³/mol. The number of aromatic nitrogens is 1. The summed E-state index contributed by atoms with van der Waals surface area (Å²) in [5.41, 5.74) is 2.36. The summed E-state index contributed by atoms with van der Waals surface area (Å²) in [6.45, 7) is 2.90. The van der Waals surface area contributed by atoms with Crippen LogP contribution in [0.1, 0.15) is 11.1 Å². The van der Waals surface area contributed by atoms with Gasteiger partial charge in [0.05, 0.1) is 6.20 Å². The van der Waals surface area contributed by atoms with Crippen molar-refractivity contribution in [3.63, 3.8) is 0 Å². The molecule has 0 aliphatic heterocycles. The Hall–Kier alpha value is -1.39. The second-order valence-corrected chi connectivity index (χ2v) is 4.99. The van der Waals surface area contributed by atoms with Crippen molar-refractivity contribution >= 4 is 15.9 Å². The summed E-state index contributed by atoms with van der Waals surface area (Å²) < 4.78 is 6.72. The van der Waals surface area contributed by atoms with Gasteiger partial charge in [-0.1, -0.05) is 12.1 Å². The van der Waals surface area contributed by atoms with E-state index in [-0.39, 0.29) is 0 Å². The molecule has 0 atom stereocenters. The molecule has 0 unspecified atom stereocenters. The van der Waals surface area contributed by atoms with Crippen LogP contribution in [0.3, 0.4) is 0 Å². The first-order valence-corrected chi connectivity index (χ1v) is 6.51. The van der Waals surface area contributed by atoms with E-state index >= 15 is 0 Å². The monoisotopic (exact) mass is 306 g/mol. The molecule has 0 aliphatic rings. The van der Waals surface area contributed by atoms with Gasteiger partial charge in [-0.2, -0.15) is 0 Å². The summed E-state index contributed by atoms with van der Waals surface area (Å²) in [5, 5.41) is 3.13. The van der Waals surface area contributed by atoms with Gasteiger partial charge in [0.2, 0.25) is 0 Å². The van der Waals surface area contributed by atoms with E-state index in [0.29, 0.717) is 0 Å². The summed E-state index contributed by atoms with van der Waals surface area (Å²) >= 11 is 3.38. The number of rotatable bonds is 4. The molecule has 3 nitrogen and oxygen atoms in total. The molecule has 0 spiro atoms. The first-order valence-electron chi connectivity index (χ1n) is 5.71. The predicted octanol–water partition coefficient (Wildman–Crippen LogP) is 3.66. The van der Waals surface area contributed by atoms with Gasteiger partial charge in [-0.05, 0) is 53.2 Å². The molecule has 0 amide bonds. The number of hydrogen-bond donors (Lipinski definition) is 1. The Kier molecular flexibility index (Phi) is 4.33. The zero-order chi connectivity index (χ0) is 13.0. The lowest BCUT2D eigenvalue weighted by Gasteiger charge is -2.10. The van der Waals surface area contributed by atoms with E-state index < -0.39 is 0 Å². The third kappa shape index (κ3) is 3.31. The number of nitrogens with zero attached hydrogens (tertiary/aromatic N) is 1. The van der Waals surface area contributed by atoms with Crippen molar-refractivity contribution < 1.29 is 4.74 Å². The van der Waals surface area contributed by atoms with Gasteiger partial charge in [0, 0.05) is 17.2 Å². The molecule has 4 heteroatoms. The van der Waals surface area contributed by atoms with Crippen molar-refractivity contribution in [3.05, 3.63) is 52.3 Å². The molecule has 2 rings (SSSR count). The fraction of sp³-hybridized carbons (Fsp3) is 0.214. The Labute approximate surface area is 115 Å². The highest BCUT2D eigenvalue weighted by atomic mass is 79.9. The second kappa shape index (κ2) is 5.98. The maximum Gasteiger partial charge on any atom is 0.146 e. The Morgan fingerprint density at radius 2 is 2.11 bits per heavy atom. The van der Waals surface area contributed by atoms with Crippen LogP contribution in [-0.4, -0.2) is 12.0 Å². The highest BCUT2D eigenvalue weighted by Gasteiger charge is 2.03. The van der Waals surface area contributed by atoms with Crippen LogP contribution >= 0.6 is 15.9 Å². The van der Waals surface area contributed by atoms with Gasteiger partial charge >= 0.3 is 0 Å². The maximum absolute atomic E-state index is 5.81. The Morgan fingerprint density at radius 3 is 2.78 bits per heavy atom. The largest absolute Gasteiger partial charge is 0.455 e. The molecule has 1 heterocycles. The van der Waals surface area contributed by atoms with Crippen LogP contribution in [0, 0.1) is 6.92 Å². The molecule has 0 bridgehead atoms. The average molecular weight is 307 g/mol. The highest BCUT2D eigenvalue weighted by molar-refractivity contribution is 9.10. The molecular formula is C14H15BrN2O. The minimum Gasteiger partial charge on any atom is -0.455 e. The Morgan fingerprint density at radius 1 is 1.28 bits per heavy atom. The number of benzene rings is 1. The highest BCUT2D eigenvalue weighted by Crippen LogP contribution is 2.26. The van der Waals surface area contributed by atoms with Crippen molar-refractivity contribution in [3.8, 4) is 11.5 Å². The maximum atomic E-state index is 5.81. The zero-order valence-corrected chi connectivity index (χ0v) is 12.0. The van der Waals surface area contributed by atoms with Crippen LogP contribution in [-0.2, 0) is 6.54 Å². The summed E-state index contributed by atoms with van der Waals surface area (Å²) in [6, 6.07) is 8.07. The standard InChI is InChI=1S/C14H15BrN2O/c1-10-5-11(7-16-2)3-4-14(10)18-13-6-12(15)8-17-9-13/h3-6,8-9,16H,7H2,1-2H3. The first-order chi connectivity index (χ1) is 8.69. The van der Waals surface area contributed by atoms with Crippen molar-refractivity contribution in [2.75, 3.05) is 7.05 Å². The van der Waals surface area contributed by atoms with Crippen LogP contribution in [0.2, 0.25) is 0 Å². The average Bonchev–Trinajstić information content (AvgIpc) is 2.33. The molecule has 1 aromatic carbocycles. The van der Waals surface area contributed by atoms with E-state index in [4.69, 9.17) is 4.74 Å². The van der Waals surface area contributed by atoms with Crippen LogP contribution < -0.4 is 10.1 Å². The minimum absolute atomic E-state index is 0.730. The quantitative estimate of drug-likeness (QED) is 0.936. The molecule has 0 radical (unpaired) electrons. The summed E-state index contributed by atoms with van der Waals surface area (Å²) in [4.78, 5) is 4.08. The van der Waals surface area contributed by atoms with Crippen molar-refractivity contribution in [2.24, 2.45) is 0 Å². The van der Waals surface area contributed by atoms with Gasteiger partial charge in [0.15, 0.2) is 0 Å². The van der Waals surface area contributed by atoms with E-state index in [1.54, 1.807) is 12.4 Å². The van der Waals surface area contributed by atoms with Gasteiger partial charge in [0.25, 0.3) is 0 Å². The van der Waals surface area contributed by atoms with Gasteiger partial charge in [-0.25, -0.2) is 0 Å². The summed E-state index contributed by atoms with van der Waals surface area (Å²) in [6.07, 6.45) is 3.43. The van der Waals surface area contributed by atoms with E-state index in [1.807, 2.05) is 26.1 Å². The van der Waals surface area contributed by atoms with Crippen molar-refractivity contribution in [2.45, 2.75) is 13.5 Å². The van der Waals surface area contributed by atoms with Gasteiger partial charge in [-0.15, -0.1) is 0 Å². The van der Waals surface area contributed by atoms with Gasteiger partial charge in [-0.3, -0.25) is 4.98 Å². The van der Waals surface area contributed by atoms with E-state index in [1.165, 1.54) is 5.56 Å². The van der Waals surface area contributed by atoms with Crippen molar-refractivity contribution in [1.82, 2.24) is 10.3 Å². The molecule has 0 fully saturated rings. The van der Waals surface area contributed by atoms with Gasteiger partial charge in [0.1, 0.15) is 11.5 Å². The lowest BCUT2D eigenvalue weighted by molar-refractivity contribution is 0.476. The molecule has 0 saturated heterocycles. The lowest BCUT2D eigenvalue weighted by atomic mass is 10.1. The topological polar surface area (TPSA) is 34.1 Å². The zero-order valence-electron chi connectivity index (χ0n) is 10.4. The van der Waals surface area contributed by atoms with Crippen LogP contribution in [0.4, 0.5) is 0 Å². The van der Waals surface area contributed by atoms with Crippen LogP contribution in [0.5, 0.6) is 11.5 Å². The van der Waals surface area contributed by atoms with E-state index in [9.17, 15) is 0 Å². The summed E-state index contributed by atoms with van der Waals surface area (Å²) in [5.74, 6) is 1.59. The molecule has 1 N–H and O–H groups in total. The second-order valence-electron chi connectivity index (χ2n) is 4.07. The molecule has 0 aliphatic carbocycles. The Balaban J connectivity index is 2.19. The van der Waals surface area contributed by atoms with Crippen molar-refractivity contribution in [1.29, 1.82) is 0 Å². The molecule has 2 aromatic rings. The molecular weight excluding hydrogens is 292 g/mol. The molecule has 1 aromatic heterocycles. The fourth-order valence-corrected chi connectivity index (χ4v) is 2.06. The van der Waals surface area contributed by atoms with Gasteiger partial charge < -0.3 is 10.1 Å². The number of pyridine rings is 1. The van der Waals surface area contributed by atoms with E-state index in [0.717, 1.165) is 28.1 Å². The lowest BCUT2D eigenvalue weighted by Crippen LogP contribution is -2.05. The van der Waals surface area contributed by atoms with Crippen LogP contribution in [0.25, 0.3) is 0 Å². The Bertz CT molecular complexity index is 543.